The molecule has 0 unspecified atom stereocenters. The van der Waals surface area contributed by atoms with Gasteiger partial charge in [-0.05, 0) is 28.8 Å². The second kappa shape index (κ2) is 5.62. The highest BCUT2D eigenvalue weighted by molar-refractivity contribution is 5.83. The van der Waals surface area contributed by atoms with E-state index in [-0.39, 0.29) is 0 Å². The Hall–Kier alpha value is -3.06. The van der Waals surface area contributed by atoms with Crippen LogP contribution in [-0.4, -0.2) is 0 Å². The first-order valence-electron chi connectivity index (χ1n) is 7.65. The van der Waals surface area contributed by atoms with Crippen LogP contribution in [0.25, 0.3) is 27.9 Å². The van der Waals surface area contributed by atoms with Crippen molar-refractivity contribution in [3.05, 3.63) is 103 Å². The molecule has 0 aliphatic heterocycles. The summed E-state index contributed by atoms with van der Waals surface area (Å²) in [6.07, 6.45) is 0. The maximum Gasteiger partial charge on any atom is 0.135 e. The number of hydrogen-bond donors (Lipinski definition) is 0. The first-order valence-corrected chi connectivity index (χ1v) is 7.65. The van der Waals surface area contributed by atoms with Crippen molar-refractivity contribution in [1.82, 2.24) is 0 Å². The molecule has 4 aromatic rings. The number of furan rings is 1. The minimum atomic E-state index is 0.892. The van der Waals surface area contributed by atoms with Gasteiger partial charge in [-0.15, -0.1) is 0 Å². The van der Waals surface area contributed by atoms with Gasteiger partial charge in [-0.3, -0.25) is 0 Å². The summed E-state index contributed by atoms with van der Waals surface area (Å²) in [5.41, 5.74) is 5.29. The van der Waals surface area contributed by atoms with Crippen LogP contribution in [0.4, 0.5) is 0 Å². The zero-order chi connectivity index (χ0) is 15.6. The molecule has 1 heterocycles. The number of hydrogen-bond acceptors (Lipinski definition) is 1. The normalized spacial score (nSPS) is 10.8. The maximum atomic E-state index is 5.92. The van der Waals surface area contributed by atoms with Crippen LogP contribution in [0.5, 0.6) is 0 Å². The zero-order valence-electron chi connectivity index (χ0n) is 12.7. The fourth-order valence-electron chi connectivity index (χ4n) is 2.77. The van der Waals surface area contributed by atoms with E-state index < -0.39 is 0 Å². The van der Waals surface area contributed by atoms with Crippen LogP contribution in [0.3, 0.4) is 0 Å². The molecule has 0 saturated carbocycles. The molecule has 0 aliphatic carbocycles. The largest absolute Gasteiger partial charge is 0.456 e. The first kappa shape index (κ1) is 13.6. The van der Waals surface area contributed by atoms with Gasteiger partial charge in [0.15, 0.2) is 0 Å². The molecule has 0 radical (unpaired) electrons. The van der Waals surface area contributed by atoms with E-state index in [0.717, 1.165) is 39.0 Å². The maximum absolute atomic E-state index is 5.92. The quantitative estimate of drug-likeness (QED) is 0.441. The van der Waals surface area contributed by atoms with Crippen LogP contribution in [0.1, 0.15) is 11.1 Å². The molecular weight excluding hydrogens is 280 g/mol. The molecule has 3 aromatic carbocycles. The molecule has 0 atom stereocenters. The summed E-state index contributed by atoms with van der Waals surface area (Å²) in [7, 11) is 0. The van der Waals surface area contributed by atoms with Gasteiger partial charge in [0.05, 0.1) is 0 Å². The highest BCUT2D eigenvalue weighted by Gasteiger charge is 2.07. The molecule has 23 heavy (non-hydrogen) atoms. The molecule has 0 aliphatic rings. The molecule has 1 nitrogen and oxygen atoms in total. The lowest BCUT2D eigenvalue weighted by Gasteiger charge is -2.07. The van der Waals surface area contributed by atoms with Gasteiger partial charge in [-0.2, -0.15) is 0 Å². The zero-order valence-corrected chi connectivity index (χ0v) is 12.7. The van der Waals surface area contributed by atoms with Crippen LogP contribution in [0.15, 0.2) is 95.9 Å². The molecule has 0 fully saturated rings. The van der Waals surface area contributed by atoms with Gasteiger partial charge >= 0.3 is 0 Å². The summed E-state index contributed by atoms with van der Waals surface area (Å²) in [6, 6.07) is 28.7. The number of benzene rings is 3. The second-order valence-electron chi connectivity index (χ2n) is 5.57. The van der Waals surface area contributed by atoms with Crippen molar-refractivity contribution in [1.29, 1.82) is 0 Å². The average Bonchev–Trinajstić information content (AvgIpc) is 3.06. The SMILES string of the molecule is C=C(c1ccccc1)c1ccc(-c2cc3ccccc3o2)cc1. The van der Waals surface area contributed by atoms with Crippen LogP contribution in [0, 0.1) is 0 Å². The number of para-hydroxylation sites is 1. The van der Waals surface area contributed by atoms with Gasteiger partial charge in [-0.1, -0.05) is 79.4 Å². The Balaban J connectivity index is 1.66. The van der Waals surface area contributed by atoms with Crippen LogP contribution < -0.4 is 0 Å². The lowest BCUT2D eigenvalue weighted by Crippen LogP contribution is -1.85. The van der Waals surface area contributed by atoms with Gasteiger partial charge in [0.25, 0.3) is 0 Å². The summed E-state index contributed by atoms with van der Waals surface area (Å²) in [5.74, 6) is 0.892. The summed E-state index contributed by atoms with van der Waals surface area (Å²) < 4.78 is 5.92. The Morgan fingerprint density at radius 3 is 2.09 bits per heavy atom. The van der Waals surface area contributed by atoms with Crippen molar-refractivity contribution >= 4 is 16.5 Å². The van der Waals surface area contributed by atoms with Gasteiger partial charge in [-0.25, -0.2) is 0 Å². The lowest BCUT2D eigenvalue weighted by molar-refractivity contribution is 0.631. The first-order chi connectivity index (χ1) is 11.3. The van der Waals surface area contributed by atoms with Crippen molar-refractivity contribution < 1.29 is 4.42 Å². The highest BCUT2D eigenvalue weighted by atomic mass is 16.3. The lowest BCUT2D eigenvalue weighted by atomic mass is 9.98. The Kier molecular flexibility index (Phi) is 3.32. The van der Waals surface area contributed by atoms with E-state index >= 15 is 0 Å². The smallest absolute Gasteiger partial charge is 0.135 e. The van der Waals surface area contributed by atoms with Crippen LogP contribution in [0.2, 0.25) is 0 Å². The predicted octanol–water partition coefficient (Wildman–Crippen LogP) is 6.16. The molecule has 1 heteroatoms. The van der Waals surface area contributed by atoms with Crippen molar-refractivity contribution in [2.24, 2.45) is 0 Å². The van der Waals surface area contributed by atoms with E-state index in [9.17, 15) is 0 Å². The van der Waals surface area contributed by atoms with E-state index in [1.807, 2.05) is 36.4 Å². The third-order valence-corrected chi connectivity index (χ3v) is 4.07. The molecule has 0 saturated heterocycles. The standard InChI is InChI=1S/C22H16O/c1-16(17-7-3-2-4-8-17)18-11-13-19(14-12-18)22-15-20-9-5-6-10-21(20)23-22/h2-15H,1H2. The fraction of sp³-hybridized carbons (Fsp3) is 0. The predicted molar refractivity (Wildman–Crippen MR) is 96.2 cm³/mol. The highest BCUT2D eigenvalue weighted by Crippen LogP contribution is 2.29. The number of fused-ring (bicyclic) bond motifs is 1. The average molecular weight is 296 g/mol. The third kappa shape index (κ3) is 2.58. The van der Waals surface area contributed by atoms with E-state index in [1.165, 1.54) is 0 Å². The monoisotopic (exact) mass is 296 g/mol. The number of rotatable bonds is 3. The summed E-state index contributed by atoms with van der Waals surface area (Å²) in [6.45, 7) is 4.21. The van der Waals surface area contributed by atoms with Gasteiger partial charge in [0.1, 0.15) is 11.3 Å². The summed E-state index contributed by atoms with van der Waals surface area (Å²) in [4.78, 5) is 0. The molecule has 0 amide bonds. The molecule has 0 bridgehead atoms. The molecule has 4 rings (SSSR count). The Labute approximate surface area is 135 Å². The topological polar surface area (TPSA) is 13.1 Å². The van der Waals surface area contributed by atoms with Gasteiger partial charge in [0.2, 0.25) is 0 Å². The van der Waals surface area contributed by atoms with Crippen molar-refractivity contribution in [3.63, 3.8) is 0 Å². The fourth-order valence-corrected chi connectivity index (χ4v) is 2.77. The molecule has 0 spiro atoms. The molecule has 0 N–H and O–H groups in total. The van der Waals surface area contributed by atoms with E-state index in [2.05, 4.69) is 55.1 Å². The van der Waals surface area contributed by atoms with Crippen molar-refractivity contribution in [2.45, 2.75) is 0 Å². The summed E-state index contributed by atoms with van der Waals surface area (Å²) >= 11 is 0. The third-order valence-electron chi connectivity index (χ3n) is 4.07. The van der Waals surface area contributed by atoms with E-state index in [1.54, 1.807) is 0 Å². The molecule has 110 valence electrons. The van der Waals surface area contributed by atoms with Crippen molar-refractivity contribution in [3.8, 4) is 11.3 Å². The minimum absolute atomic E-state index is 0.892. The van der Waals surface area contributed by atoms with E-state index in [0.29, 0.717) is 0 Å². The van der Waals surface area contributed by atoms with Gasteiger partial charge < -0.3 is 4.42 Å². The second-order valence-corrected chi connectivity index (χ2v) is 5.57. The Morgan fingerprint density at radius 2 is 1.35 bits per heavy atom. The molecule has 1 aromatic heterocycles. The van der Waals surface area contributed by atoms with Crippen LogP contribution in [-0.2, 0) is 0 Å². The van der Waals surface area contributed by atoms with Crippen LogP contribution >= 0.6 is 0 Å². The summed E-state index contributed by atoms with van der Waals surface area (Å²) in [5, 5.41) is 1.13. The van der Waals surface area contributed by atoms with Crippen molar-refractivity contribution in [2.75, 3.05) is 0 Å². The Morgan fingerprint density at radius 1 is 0.696 bits per heavy atom. The minimum Gasteiger partial charge on any atom is -0.456 e. The Bertz CT molecular complexity index is 927. The molecular formula is C22H16O. The van der Waals surface area contributed by atoms with Gasteiger partial charge in [0, 0.05) is 10.9 Å². The van der Waals surface area contributed by atoms with E-state index in [4.69, 9.17) is 4.42 Å².